The quantitative estimate of drug-likeness (QED) is 0.892. The van der Waals surface area contributed by atoms with E-state index in [-0.39, 0.29) is 11.9 Å². The number of hydrogen-bond donors (Lipinski definition) is 1. The summed E-state index contributed by atoms with van der Waals surface area (Å²) in [7, 11) is 0. The lowest BCUT2D eigenvalue weighted by molar-refractivity contribution is 0.0117. The summed E-state index contributed by atoms with van der Waals surface area (Å²) < 4.78 is 11.2. The van der Waals surface area contributed by atoms with Crippen LogP contribution in [0.1, 0.15) is 28.1 Å². The molecule has 0 unspecified atom stereocenters. The Kier molecular flexibility index (Phi) is 4.99. The van der Waals surface area contributed by atoms with Crippen LogP contribution in [0.5, 0.6) is 0 Å². The maximum Gasteiger partial charge on any atom is 0.271 e. The zero-order valence-corrected chi connectivity index (χ0v) is 13.1. The van der Waals surface area contributed by atoms with Crippen LogP contribution < -0.4 is 5.32 Å². The standard InChI is InChI=1S/C16H20N4O3/c1-12-2-3-15(23-12)14(20-6-8-22-9-7-20)11-19-16(21)13-10-17-4-5-18-13/h2-5,10,14H,6-9,11H2,1H3,(H,19,21)/t14-/m0/s1. The van der Waals surface area contributed by atoms with E-state index in [9.17, 15) is 4.79 Å². The smallest absolute Gasteiger partial charge is 0.271 e. The number of carbonyl (C=O) groups is 1. The number of furan rings is 1. The molecular weight excluding hydrogens is 296 g/mol. The highest BCUT2D eigenvalue weighted by Gasteiger charge is 2.26. The fourth-order valence-electron chi connectivity index (χ4n) is 2.63. The Balaban J connectivity index is 1.69. The number of amides is 1. The largest absolute Gasteiger partial charge is 0.465 e. The molecule has 1 fully saturated rings. The van der Waals surface area contributed by atoms with E-state index in [0.717, 1.165) is 24.6 Å². The number of aryl methyl sites for hydroxylation is 1. The number of nitrogens with one attached hydrogen (secondary N) is 1. The first kappa shape index (κ1) is 15.6. The van der Waals surface area contributed by atoms with Crippen LogP contribution in [0.3, 0.4) is 0 Å². The van der Waals surface area contributed by atoms with Gasteiger partial charge in [0, 0.05) is 32.0 Å². The first-order valence-electron chi connectivity index (χ1n) is 7.66. The molecule has 1 amide bonds. The number of morpholine rings is 1. The molecule has 2 aromatic rings. The lowest BCUT2D eigenvalue weighted by atomic mass is 10.1. The fourth-order valence-corrected chi connectivity index (χ4v) is 2.63. The normalized spacial score (nSPS) is 16.9. The molecule has 1 aliphatic heterocycles. The van der Waals surface area contributed by atoms with Gasteiger partial charge in [0.1, 0.15) is 17.2 Å². The number of aromatic nitrogens is 2. The second-order valence-electron chi connectivity index (χ2n) is 5.41. The van der Waals surface area contributed by atoms with Gasteiger partial charge in [-0.2, -0.15) is 0 Å². The molecule has 0 radical (unpaired) electrons. The summed E-state index contributed by atoms with van der Waals surface area (Å²) in [5.41, 5.74) is 0.309. The van der Waals surface area contributed by atoms with Gasteiger partial charge in [-0.25, -0.2) is 4.98 Å². The summed E-state index contributed by atoms with van der Waals surface area (Å²) in [6.07, 6.45) is 4.50. The Labute approximate surface area is 134 Å². The molecule has 0 saturated carbocycles. The van der Waals surface area contributed by atoms with E-state index in [1.165, 1.54) is 12.4 Å². The molecule has 1 saturated heterocycles. The second kappa shape index (κ2) is 7.34. The zero-order valence-electron chi connectivity index (χ0n) is 13.1. The highest BCUT2D eigenvalue weighted by Crippen LogP contribution is 2.23. The Morgan fingerprint density at radius 1 is 1.35 bits per heavy atom. The van der Waals surface area contributed by atoms with Crippen molar-refractivity contribution in [3.8, 4) is 0 Å². The number of nitrogens with zero attached hydrogens (tertiary/aromatic N) is 3. The predicted octanol–water partition coefficient (Wildman–Crippen LogP) is 1.18. The molecule has 0 bridgehead atoms. The van der Waals surface area contributed by atoms with Gasteiger partial charge in [-0.05, 0) is 19.1 Å². The van der Waals surface area contributed by atoms with E-state index in [2.05, 4.69) is 20.2 Å². The van der Waals surface area contributed by atoms with E-state index < -0.39 is 0 Å². The Bertz CT molecular complexity index is 638. The maximum absolute atomic E-state index is 12.2. The van der Waals surface area contributed by atoms with Crippen molar-refractivity contribution in [1.82, 2.24) is 20.2 Å². The van der Waals surface area contributed by atoms with Gasteiger partial charge in [0.25, 0.3) is 5.91 Å². The average Bonchev–Trinajstić information content (AvgIpc) is 3.03. The van der Waals surface area contributed by atoms with Crippen LogP contribution in [0.2, 0.25) is 0 Å². The third-order valence-corrected chi connectivity index (χ3v) is 3.83. The molecule has 7 nitrogen and oxygen atoms in total. The van der Waals surface area contributed by atoms with Gasteiger partial charge in [-0.15, -0.1) is 0 Å². The Morgan fingerprint density at radius 2 is 2.17 bits per heavy atom. The molecule has 0 spiro atoms. The van der Waals surface area contributed by atoms with E-state index in [1.807, 2.05) is 19.1 Å². The molecular formula is C16H20N4O3. The topological polar surface area (TPSA) is 80.5 Å². The van der Waals surface area contributed by atoms with Crippen molar-refractivity contribution in [1.29, 1.82) is 0 Å². The van der Waals surface area contributed by atoms with Gasteiger partial charge in [0.05, 0.1) is 25.5 Å². The van der Waals surface area contributed by atoms with E-state index >= 15 is 0 Å². The average molecular weight is 316 g/mol. The van der Waals surface area contributed by atoms with Gasteiger partial charge in [-0.1, -0.05) is 0 Å². The lowest BCUT2D eigenvalue weighted by Gasteiger charge is -2.33. The highest BCUT2D eigenvalue weighted by molar-refractivity contribution is 5.91. The minimum Gasteiger partial charge on any atom is -0.465 e. The lowest BCUT2D eigenvalue weighted by Crippen LogP contribution is -2.43. The van der Waals surface area contributed by atoms with Crippen LogP contribution in [0.25, 0.3) is 0 Å². The van der Waals surface area contributed by atoms with Crippen molar-refractivity contribution in [3.05, 3.63) is 47.9 Å². The summed E-state index contributed by atoms with van der Waals surface area (Å²) in [4.78, 5) is 22.4. The third-order valence-electron chi connectivity index (χ3n) is 3.83. The number of rotatable bonds is 5. The minimum absolute atomic E-state index is 0.0202. The van der Waals surface area contributed by atoms with Crippen LogP contribution in [-0.4, -0.2) is 53.6 Å². The van der Waals surface area contributed by atoms with Gasteiger partial charge in [-0.3, -0.25) is 14.7 Å². The summed E-state index contributed by atoms with van der Waals surface area (Å²) in [6, 6.07) is 3.88. The van der Waals surface area contributed by atoms with Crippen LogP contribution in [0.15, 0.2) is 35.1 Å². The van der Waals surface area contributed by atoms with Crippen molar-refractivity contribution >= 4 is 5.91 Å². The van der Waals surface area contributed by atoms with Crippen molar-refractivity contribution < 1.29 is 13.9 Å². The first-order chi connectivity index (χ1) is 11.2. The molecule has 3 rings (SSSR count). The molecule has 1 atom stereocenters. The third kappa shape index (κ3) is 3.94. The molecule has 0 aliphatic carbocycles. The maximum atomic E-state index is 12.2. The Morgan fingerprint density at radius 3 is 2.83 bits per heavy atom. The van der Waals surface area contributed by atoms with Crippen LogP contribution in [0, 0.1) is 6.92 Å². The second-order valence-corrected chi connectivity index (χ2v) is 5.41. The summed E-state index contributed by atoms with van der Waals surface area (Å²) in [5.74, 6) is 1.47. The SMILES string of the molecule is Cc1ccc([C@H](CNC(=O)c2cnccn2)N2CCOCC2)o1. The highest BCUT2D eigenvalue weighted by atomic mass is 16.5. The molecule has 122 valence electrons. The van der Waals surface area contributed by atoms with Crippen molar-refractivity contribution in [2.45, 2.75) is 13.0 Å². The van der Waals surface area contributed by atoms with Gasteiger partial charge >= 0.3 is 0 Å². The first-order valence-corrected chi connectivity index (χ1v) is 7.66. The molecule has 0 aromatic carbocycles. The fraction of sp³-hybridized carbons (Fsp3) is 0.438. The zero-order chi connectivity index (χ0) is 16.1. The Hall–Kier alpha value is -2.25. The number of hydrogen-bond acceptors (Lipinski definition) is 6. The van der Waals surface area contributed by atoms with E-state index in [1.54, 1.807) is 6.20 Å². The van der Waals surface area contributed by atoms with Gasteiger partial charge in [0.2, 0.25) is 0 Å². The monoisotopic (exact) mass is 316 g/mol. The van der Waals surface area contributed by atoms with Crippen molar-refractivity contribution in [2.24, 2.45) is 0 Å². The molecule has 7 heteroatoms. The van der Waals surface area contributed by atoms with Gasteiger partial charge in [0.15, 0.2) is 0 Å². The van der Waals surface area contributed by atoms with E-state index in [0.29, 0.717) is 25.5 Å². The van der Waals surface area contributed by atoms with E-state index in [4.69, 9.17) is 9.15 Å². The summed E-state index contributed by atoms with van der Waals surface area (Å²) in [6.45, 7) is 5.36. The summed E-state index contributed by atoms with van der Waals surface area (Å²) >= 11 is 0. The predicted molar refractivity (Wildman–Crippen MR) is 82.9 cm³/mol. The van der Waals surface area contributed by atoms with Crippen molar-refractivity contribution in [2.75, 3.05) is 32.8 Å². The summed E-state index contributed by atoms with van der Waals surface area (Å²) in [5, 5.41) is 2.92. The number of carbonyl (C=O) groups excluding carboxylic acids is 1. The number of ether oxygens (including phenoxy) is 1. The van der Waals surface area contributed by atoms with Crippen molar-refractivity contribution in [3.63, 3.8) is 0 Å². The molecule has 1 aliphatic rings. The van der Waals surface area contributed by atoms with Crippen LogP contribution in [0.4, 0.5) is 0 Å². The van der Waals surface area contributed by atoms with Crippen LogP contribution >= 0.6 is 0 Å². The van der Waals surface area contributed by atoms with Gasteiger partial charge < -0.3 is 14.5 Å². The molecule has 1 N–H and O–H groups in total. The molecule has 2 aromatic heterocycles. The van der Waals surface area contributed by atoms with Crippen LogP contribution in [-0.2, 0) is 4.74 Å². The molecule has 3 heterocycles. The molecule has 23 heavy (non-hydrogen) atoms. The minimum atomic E-state index is -0.236.